The second-order valence-corrected chi connectivity index (χ2v) is 4.13. The van der Waals surface area contributed by atoms with Gasteiger partial charge in [0.2, 0.25) is 0 Å². The van der Waals surface area contributed by atoms with Gasteiger partial charge in [0.1, 0.15) is 13.4 Å². The normalized spacial score (nSPS) is 11.3. The molecule has 1 aromatic heterocycles. The van der Waals surface area contributed by atoms with Crippen LogP contribution in [-0.2, 0) is 0 Å². The Morgan fingerprint density at radius 3 is 2.73 bits per heavy atom. The first-order valence-electron chi connectivity index (χ1n) is 4.83. The van der Waals surface area contributed by atoms with Gasteiger partial charge in [-0.2, -0.15) is 0 Å². The molecule has 0 unspecified atom stereocenters. The second-order valence-electron chi connectivity index (χ2n) is 3.72. The van der Waals surface area contributed by atoms with Gasteiger partial charge in [-0.25, -0.2) is 0 Å². The third-order valence-corrected chi connectivity index (χ3v) is 2.86. The van der Waals surface area contributed by atoms with Gasteiger partial charge in [-0.15, -0.1) is 0 Å². The molecule has 0 spiro atoms. The number of halogens is 1. The van der Waals surface area contributed by atoms with Gasteiger partial charge in [0, 0.05) is 10.8 Å². The topological polar surface area (TPSA) is 13.1 Å². The first-order valence-corrected chi connectivity index (χ1v) is 5.21. The zero-order valence-electron chi connectivity index (χ0n) is 8.25. The largest absolute Gasteiger partial charge is 0.454 e. The molecular weight excluding hydrogens is 206 g/mol. The fourth-order valence-electron chi connectivity index (χ4n) is 1.92. The minimum absolute atomic E-state index is 0.682. The maximum atomic E-state index is 6.14. The molecule has 0 saturated heterocycles. The van der Waals surface area contributed by atoms with Crippen molar-refractivity contribution in [2.24, 2.45) is 0 Å². The molecule has 3 rings (SSSR count). The third-order valence-electron chi connectivity index (χ3n) is 2.58. The summed E-state index contributed by atoms with van der Waals surface area (Å²) >= 11 is 6.14. The maximum Gasteiger partial charge on any atom is 0.153 e. The zero-order valence-corrected chi connectivity index (χ0v) is 9.01. The maximum absolute atomic E-state index is 6.14. The Bertz CT molecular complexity index is 657. The van der Waals surface area contributed by atoms with E-state index >= 15 is 0 Å². The number of hydrogen-bond donors (Lipinski definition) is 0. The Balaban J connectivity index is 2.61. The summed E-state index contributed by atoms with van der Waals surface area (Å²) in [6.07, 6.45) is 0. The van der Waals surface area contributed by atoms with Crippen molar-refractivity contribution in [1.29, 1.82) is 0 Å². The lowest BCUT2D eigenvalue weighted by Gasteiger charge is -1.95. The molecule has 0 bridgehead atoms. The van der Waals surface area contributed by atoms with Crippen molar-refractivity contribution in [2.75, 3.05) is 0 Å². The van der Waals surface area contributed by atoms with Crippen LogP contribution in [0.2, 0.25) is 5.02 Å². The molecule has 15 heavy (non-hydrogen) atoms. The number of para-hydroxylation sites is 1. The molecule has 1 heterocycles. The van der Waals surface area contributed by atoms with Crippen LogP contribution >= 0.6 is 11.6 Å². The summed E-state index contributed by atoms with van der Waals surface area (Å²) in [5.41, 5.74) is 2.82. The predicted molar refractivity (Wildman–Crippen MR) is 66.9 cm³/mol. The summed E-state index contributed by atoms with van der Waals surface area (Å²) in [4.78, 5) is 0. The fraction of sp³-hybridized carbons (Fsp3) is 0. The van der Waals surface area contributed by atoms with Crippen LogP contribution in [0.3, 0.4) is 0 Å². The molecule has 0 fully saturated rings. The van der Waals surface area contributed by atoms with Crippen LogP contribution in [-0.4, -0.2) is 7.85 Å². The molecule has 0 aliphatic heterocycles. The molecule has 72 valence electrons. The van der Waals surface area contributed by atoms with E-state index in [1.54, 1.807) is 0 Å². The van der Waals surface area contributed by atoms with Crippen LogP contribution in [0, 0.1) is 0 Å². The average molecular weight is 214 g/mol. The lowest BCUT2D eigenvalue weighted by molar-refractivity contribution is 0.669. The van der Waals surface area contributed by atoms with Crippen LogP contribution in [0.4, 0.5) is 0 Å². The SMILES string of the molecule is Bc1cc(Cl)c2oc3ccccc3c2c1. The summed E-state index contributed by atoms with van der Waals surface area (Å²) in [5, 5.41) is 2.90. The van der Waals surface area contributed by atoms with Crippen molar-refractivity contribution in [2.45, 2.75) is 0 Å². The Hall–Kier alpha value is -1.41. The Morgan fingerprint density at radius 2 is 1.87 bits per heavy atom. The van der Waals surface area contributed by atoms with E-state index < -0.39 is 0 Å². The van der Waals surface area contributed by atoms with Gasteiger partial charge in [0.25, 0.3) is 0 Å². The van der Waals surface area contributed by atoms with Crippen LogP contribution in [0.1, 0.15) is 0 Å². The first kappa shape index (κ1) is 8.87. The number of fused-ring (bicyclic) bond motifs is 3. The van der Waals surface area contributed by atoms with Gasteiger partial charge in [-0.05, 0) is 12.1 Å². The van der Waals surface area contributed by atoms with Crippen molar-refractivity contribution in [3.8, 4) is 0 Å². The third kappa shape index (κ3) is 1.25. The molecular formula is C12H8BClO. The molecule has 0 saturated carbocycles. The van der Waals surface area contributed by atoms with E-state index in [-0.39, 0.29) is 0 Å². The second kappa shape index (κ2) is 3.04. The smallest absolute Gasteiger partial charge is 0.153 e. The minimum atomic E-state index is 0.682. The lowest BCUT2D eigenvalue weighted by atomic mass is 9.94. The highest BCUT2D eigenvalue weighted by atomic mass is 35.5. The highest BCUT2D eigenvalue weighted by Crippen LogP contribution is 2.31. The number of hydrogen-bond acceptors (Lipinski definition) is 1. The van der Waals surface area contributed by atoms with E-state index in [2.05, 4.69) is 12.1 Å². The van der Waals surface area contributed by atoms with E-state index in [0.717, 1.165) is 27.4 Å². The van der Waals surface area contributed by atoms with Crippen molar-refractivity contribution < 1.29 is 4.42 Å². The lowest BCUT2D eigenvalue weighted by Crippen LogP contribution is -1.99. The summed E-state index contributed by atoms with van der Waals surface area (Å²) in [6, 6.07) is 12.0. The summed E-state index contributed by atoms with van der Waals surface area (Å²) in [7, 11) is 2.03. The average Bonchev–Trinajstić information content (AvgIpc) is 2.57. The summed E-state index contributed by atoms with van der Waals surface area (Å²) in [6.45, 7) is 0. The van der Waals surface area contributed by atoms with Crippen LogP contribution in [0.15, 0.2) is 40.8 Å². The van der Waals surface area contributed by atoms with Gasteiger partial charge < -0.3 is 4.42 Å². The van der Waals surface area contributed by atoms with E-state index in [9.17, 15) is 0 Å². The van der Waals surface area contributed by atoms with Crippen LogP contribution in [0.5, 0.6) is 0 Å². The standard InChI is InChI=1S/C12H8BClO/c13-7-5-9-8-3-1-2-4-11(8)15-12(9)10(14)6-7/h1-6H,13H2. The van der Waals surface area contributed by atoms with Crippen molar-refractivity contribution in [3.63, 3.8) is 0 Å². The molecule has 0 radical (unpaired) electrons. The highest BCUT2D eigenvalue weighted by Gasteiger charge is 2.09. The minimum Gasteiger partial charge on any atom is -0.454 e. The first-order chi connectivity index (χ1) is 7.25. The zero-order chi connectivity index (χ0) is 10.4. The van der Waals surface area contributed by atoms with Gasteiger partial charge in [-0.3, -0.25) is 0 Å². The van der Waals surface area contributed by atoms with Crippen molar-refractivity contribution in [1.82, 2.24) is 0 Å². The summed E-state index contributed by atoms with van der Waals surface area (Å²) in [5.74, 6) is 0. The molecule has 2 aromatic carbocycles. The van der Waals surface area contributed by atoms with Crippen LogP contribution in [0.25, 0.3) is 21.9 Å². The quantitative estimate of drug-likeness (QED) is 0.524. The number of furan rings is 1. The van der Waals surface area contributed by atoms with Gasteiger partial charge in [0.15, 0.2) is 5.58 Å². The molecule has 1 nitrogen and oxygen atoms in total. The highest BCUT2D eigenvalue weighted by molar-refractivity contribution is 6.40. The molecule has 0 amide bonds. The Kier molecular flexibility index (Phi) is 1.80. The van der Waals surface area contributed by atoms with E-state index in [1.807, 2.05) is 32.1 Å². The van der Waals surface area contributed by atoms with Crippen molar-refractivity contribution >= 4 is 46.8 Å². The van der Waals surface area contributed by atoms with Gasteiger partial charge in [0.05, 0.1) is 5.02 Å². The molecule has 0 N–H and O–H groups in total. The van der Waals surface area contributed by atoms with Crippen LogP contribution < -0.4 is 5.46 Å². The number of benzene rings is 2. The fourth-order valence-corrected chi connectivity index (χ4v) is 2.23. The Morgan fingerprint density at radius 1 is 1.07 bits per heavy atom. The van der Waals surface area contributed by atoms with Gasteiger partial charge >= 0.3 is 0 Å². The predicted octanol–water partition coefficient (Wildman–Crippen LogP) is 2.50. The Labute approximate surface area is 93.0 Å². The van der Waals surface area contributed by atoms with Gasteiger partial charge in [-0.1, -0.05) is 41.3 Å². The number of rotatable bonds is 0. The van der Waals surface area contributed by atoms with E-state index in [4.69, 9.17) is 16.0 Å². The molecule has 0 aliphatic carbocycles. The molecule has 3 aromatic rings. The molecule has 0 atom stereocenters. The monoisotopic (exact) mass is 214 g/mol. The van der Waals surface area contributed by atoms with Crippen molar-refractivity contribution in [3.05, 3.63) is 41.4 Å². The molecule has 3 heteroatoms. The summed E-state index contributed by atoms with van der Waals surface area (Å²) < 4.78 is 5.71. The van der Waals surface area contributed by atoms with E-state index in [0.29, 0.717) is 5.02 Å². The molecule has 0 aliphatic rings. The van der Waals surface area contributed by atoms with E-state index in [1.165, 1.54) is 0 Å².